The number of aliphatic hydroxyl groups is 1. The Bertz CT molecular complexity index is 596. The van der Waals surface area contributed by atoms with Crippen molar-refractivity contribution in [2.24, 2.45) is 0 Å². The Morgan fingerprint density at radius 2 is 2.05 bits per heavy atom. The van der Waals surface area contributed by atoms with Crippen LogP contribution in [0, 0.1) is 0 Å². The maximum absolute atomic E-state index is 11.9. The summed E-state index contributed by atoms with van der Waals surface area (Å²) < 4.78 is 6.97. The van der Waals surface area contributed by atoms with Crippen LogP contribution in [0.4, 0.5) is 0 Å². The van der Waals surface area contributed by atoms with E-state index in [1.807, 2.05) is 45.0 Å². The van der Waals surface area contributed by atoms with Gasteiger partial charge < -0.3 is 14.4 Å². The molecular formula is C14H18N2O3. The van der Waals surface area contributed by atoms with Crippen molar-refractivity contribution in [2.45, 2.75) is 39.5 Å². The Morgan fingerprint density at radius 1 is 1.37 bits per heavy atom. The van der Waals surface area contributed by atoms with Crippen LogP contribution in [0.25, 0.3) is 11.0 Å². The summed E-state index contributed by atoms with van der Waals surface area (Å²) in [6.45, 7) is 5.31. The molecule has 0 amide bonds. The number of ether oxygens (including phenoxy) is 1. The number of aliphatic hydroxyl groups excluding tert-OH is 1. The van der Waals surface area contributed by atoms with Crippen molar-refractivity contribution < 1.29 is 14.6 Å². The van der Waals surface area contributed by atoms with Crippen molar-refractivity contribution in [1.82, 2.24) is 9.55 Å². The SMILES string of the molecule is CC(C)(C)OC(=O)Cn1c(CO)nc2ccccc21. The third-order valence-electron chi connectivity index (χ3n) is 2.58. The number of nitrogens with zero attached hydrogens (tertiary/aromatic N) is 2. The number of imidazole rings is 1. The first-order valence-corrected chi connectivity index (χ1v) is 6.17. The lowest BCUT2D eigenvalue weighted by atomic mass is 10.2. The topological polar surface area (TPSA) is 64.3 Å². The monoisotopic (exact) mass is 262 g/mol. The van der Waals surface area contributed by atoms with Crippen molar-refractivity contribution >= 4 is 17.0 Å². The minimum absolute atomic E-state index is 0.0493. The number of benzene rings is 1. The summed E-state index contributed by atoms with van der Waals surface area (Å²) in [6.07, 6.45) is 0. The van der Waals surface area contributed by atoms with E-state index in [1.165, 1.54) is 0 Å². The lowest BCUT2D eigenvalue weighted by molar-refractivity contribution is -0.155. The van der Waals surface area contributed by atoms with Gasteiger partial charge >= 0.3 is 5.97 Å². The van der Waals surface area contributed by atoms with Crippen LogP contribution < -0.4 is 0 Å². The highest BCUT2D eigenvalue weighted by atomic mass is 16.6. The molecule has 0 unspecified atom stereocenters. The zero-order chi connectivity index (χ0) is 14.0. The second kappa shape index (κ2) is 5.01. The summed E-state index contributed by atoms with van der Waals surface area (Å²) in [5.74, 6) is 0.123. The summed E-state index contributed by atoms with van der Waals surface area (Å²) in [5, 5.41) is 9.33. The Balaban J connectivity index is 2.31. The smallest absolute Gasteiger partial charge is 0.326 e. The maximum atomic E-state index is 11.9. The zero-order valence-electron chi connectivity index (χ0n) is 11.4. The lowest BCUT2D eigenvalue weighted by Crippen LogP contribution is -2.27. The Kier molecular flexibility index (Phi) is 3.57. The van der Waals surface area contributed by atoms with Crippen molar-refractivity contribution in [3.63, 3.8) is 0 Å². The molecule has 0 bridgehead atoms. The highest BCUT2D eigenvalue weighted by Crippen LogP contribution is 2.17. The molecule has 1 N–H and O–H groups in total. The predicted octanol–water partition coefficient (Wildman–Crippen LogP) is 1.87. The third-order valence-corrected chi connectivity index (χ3v) is 2.58. The minimum atomic E-state index is -0.521. The normalized spacial score (nSPS) is 11.8. The zero-order valence-corrected chi connectivity index (χ0v) is 11.4. The van der Waals surface area contributed by atoms with Crippen LogP contribution in [-0.2, 0) is 22.7 Å². The van der Waals surface area contributed by atoms with E-state index in [-0.39, 0.29) is 19.1 Å². The van der Waals surface area contributed by atoms with Crippen LogP contribution in [0.15, 0.2) is 24.3 Å². The highest BCUT2D eigenvalue weighted by Gasteiger charge is 2.19. The molecule has 0 saturated heterocycles. The number of carbonyl (C=O) groups excluding carboxylic acids is 1. The molecule has 0 aliphatic heterocycles. The van der Waals surface area contributed by atoms with E-state index in [4.69, 9.17) is 4.74 Å². The van der Waals surface area contributed by atoms with Gasteiger partial charge in [-0.1, -0.05) is 12.1 Å². The Hall–Kier alpha value is -1.88. The molecule has 1 aromatic carbocycles. The van der Waals surface area contributed by atoms with Gasteiger partial charge in [0.05, 0.1) is 11.0 Å². The summed E-state index contributed by atoms with van der Waals surface area (Å²) in [5.41, 5.74) is 1.06. The van der Waals surface area contributed by atoms with Gasteiger partial charge in [0.1, 0.15) is 24.6 Å². The van der Waals surface area contributed by atoms with Gasteiger partial charge in [-0.2, -0.15) is 0 Å². The van der Waals surface area contributed by atoms with E-state index < -0.39 is 5.60 Å². The minimum Gasteiger partial charge on any atom is -0.459 e. The van der Waals surface area contributed by atoms with Crippen LogP contribution in [0.3, 0.4) is 0 Å². The highest BCUT2D eigenvalue weighted by molar-refractivity contribution is 5.79. The molecule has 2 aromatic rings. The third kappa shape index (κ3) is 3.12. The molecule has 0 radical (unpaired) electrons. The van der Waals surface area contributed by atoms with Crippen molar-refractivity contribution in [1.29, 1.82) is 0 Å². The Labute approximate surface area is 111 Å². The van der Waals surface area contributed by atoms with E-state index in [9.17, 15) is 9.90 Å². The first kappa shape index (κ1) is 13.5. The van der Waals surface area contributed by atoms with E-state index in [2.05, 4.69) is 4.98 Å². The molecule has 0 saturated carbocycles. The summed E-state index contributed by atoms with van der Waals surface area (Å²) in [4.78, 5) is 16.2. The maximum Gasteiger partial charge on any atom is 0.326 e. The van der Waals surface area contributed by atoms with Gasteiger partial charge in [0, 0.05) is 0 Å². The lowest BCUT2D eigenvalue weighted by Gasteiger charge is -2.20. The average Bonchev–Trinajstić information content (AvgIpc) is 2.65. The second-order valence-electron chi connectivity index (χ2n) is 5.35. The van der Waals surface area contributed by atoms with E-state index in [1.54, 1.807) is 4.57 Å². The molecule has 0 atom stereocenters. The number of rotatable bonds is 3. The Morgan fingerprint density at radius 3 is 2.68 bits per heavy atom. The van der Waals surface area contributed by atoms with Crippen LogP contribution in [0.1, 0.15) is 26.6 Å². The molecule has 5 nitrogen and oxygen atoms in total. The van der Waals surface area contributed by atoms with Crippen LogP contribution in [-0.4, -0.2) is 26.2 Å². The van der Waals surface area contributed by atoms with E-state index in [0.717, 1.165) is 11.0 Å². The molecule has 0 fully saturated rings. The van der Waals surface area contributed by atoms with Crippen LogP contribution >= 0.6 is 0 Å². The van der Waals surface area contributed by atoms with Gasteiger partial charge in [0.15, 0.2) is 0 Å². The first-order valence-electron chi connectivity index (χ1n) is 6.17. The standard InChI is InChI=1S/C14H18N2O3/c1-14(2,3)19-13(18)8-16-11-7-5-4-6-10(11)15-12(16)9-17/h4-7,17H,8-9H2,1-3H3. The fourth-order valence-electron chi connectivity index (χ4n) is 1.93. The number of hydrogen-bond donors (Lipinski definition) is 1. The van der Waals surface area contributed by atoms with E-state index in [0.29, 0.717) is 5.82 Å². The number of fused-ring (bicyclic) bond motifs is 1. The van der Waals surface area contributed by atoms with Crippen molar-refractivity contribution in [3.05, 3.63) is 30.1 Å². The van der Waals surface area contributed by atoms with Gasteiger partial charge in [0.25, 0.3) is 0 Å². The summed E-state index contributed by atoms with van der Waals surface area (Å²) >= 11 is 0. The molecule has 5 heteroatoms. The average molecular weight is 262 g/mol. The van der Waals surface area contributed by atoms with Crippen molar-refractivity contribution in [2.75, 3.05) is 0 Å². The molecule has 102 valence electrons. The molecular weight excluding hydrogens is 244 g/mol. The number of para-hydroxylation sites is 2. The summed E-state index contributed by atoms with van der Waals surface area (Å²) in [7, 11) is 0. The van der Waals surface area contributed by atoms with Crippen LogP contribution in [0.2, 0.25) is 0 Å². The molecule has 0 spiro atoms. The van der Waals surface area contributed by atoms with E-state index >= 15 is 0 Å². The summed E-state index contributed by atoms with van der Waals surface area (Å²) in [6, 6.07) is 7.46. The first-order chi connectivity index (χ1) is 8.90. The number of aromatic nitrogens is 2. The molecule has 1 aromatic heterocycles. The largest absolute Gasteiger partial charge is 0.459 e. The second-order valence-corrected chi connectivity index (χ2v) is 5.35. The molecule has 19 heavy (non-hydrogen) atoms. The van der Waals surface area contributed by atoms with Crippen molar-refractivity contribution in [3.8, 4) is 0 Å². The van der Waals surface area contributed by atoms with Gasteiger partial charge in [-0.3, -0.25) is 4.79 Å². The molecule has 1 heterocycles. The van der Waals surface area contributed by atoms with Gasteiger partial charge in [-0.15, -0.1) is 0 Å². The fourth-order valence-corrected chi connectivity index (χ4v) is 1.93. The molecule has 0 aliphatic carbocycles. The van der Waals surface area contributed by atoms with Crippen LogP contribution in [0.5, 0.6) is 0 Å². The number of hydrogen-bond acceptors (Lipinski definition) is 4. The predicted molar refractivity (Wildman–Crippen MR) is 71.5 cm³/mol. The fraction of sp³-hybridized carbons (Fsp3) is 0.429. The van der Waals surface area contributed by atoms with Gasteiger partial charge in [-0.25, -0.2) is 4.98 Å². The number of carbonyl (C=O) groups is 1. The van der Waals surface area contributed by atoms with Gasteiger partial charge in [-0.05, 0) is 32.9 Å². The number of esters is 1. The quantitative estimate of drug-likeness (QED) is 0.858. The molecule has 2 rings (SSSR count). The van der Waals surface area contributed by atoms with Gasteiger partial charge in [0.2, 0.25) is 0 Å². The molecule has 0 aliphatic rings.